The molecular weight excluding hydrogens is 470 g/mol. The van der Waals surface area contributed by atoms with Gasteiger partial charge in [0.1, 0.15) is 0 Å². The van der Waals surface area contributed by atoms with Crippen LogP contribution in [0.25, 0.3) is 0 Å². The molecule has 0 atom stereocenters. The van der Waals surface area contributed by atoms with Crippen LogP contribution in [0.5, 0.6) is 0 Å². The highest BCUT2D eigenvalue weighted by molar-refractivity contribution is 6.30. The van der Waals surface area contributed by atoms with Gasteiger partial charge < -0.3 is 19.5 Å². The van der Waals surface area contributed by atoms with Crippen molar-refractivity contribution in [1.82, 2.24) is 5.32 Å². The van der Waals surface area contributed by atoms with Crippen LogP contribution in [0.3, 0.4) is 0 Å². The minimum Gasteiger partial charge on any atom is -0.465 e. The smallest absolute Gasteiger partial charge is 0.338 e. The molecule has 0 radical (unpaired) electrons. The van der Waals surface area contributed by atoms with Gasteiger partial charge in [-0.3, -0.25) is 0 Å². The van der Waals surface area contributed by atoms with Crippen LogP contribution in [0.1, 0.15) is 88.1 Å². The van der Waals surface area contributed by atoms with E-state index in [4.69, 9.17) is 25.8 Å². The minimum atomic E-state index is -0.915. The molecule has 8 heteroatoms. The Hall–Kier alpha value is -2.80. The number of halogens is 1. The zero-order valence-corrected chi connectivity index (χ0v) is 22.0. The molecule has 0 spiro atoms. The Kier molecular flexibility index (Phi) is 11.3. The lowest BCUT2D eigenvalue weighted by molar-refractivity contribution is -0.140. The lowest BCUT2D eigenvalue weighted by atomic mass is 9.78. The standard InChI is InChI=1S/C27H36ClNO6/c1-6-8-10-14-34-26(31)22-17(3)29-18(4)23(27(32)35-15-11-9-7-2)24(22)21-16-19(28)12-13-20(21)25(30)33-5/h12-13,16,24,29H,6-11,14-15H2,1-5H3. The van der Waals surface area contributed by atoms with Crippen molar-refractivity contribution in [2.75, 3.05) is 20.3 Å². The third-order valence-corrected chi connectivity index (χ3v) is 6.13. The number of carbonyl (C=O) groups excluding carboxylic acids is 3. The summed E-state index contributed by atoms with van der Waals surface area (Å²) in [6.45, 7) is 8.13. The van der Waals surface area contributed by atoms with Crippen molar-refractivity contribution in [3.8, 4) is 0 Å². The van der Waals surface area contributed by atoms with Crippen LogP contribution < -0.4 is 5.32 Å². The average Bonchev–Trinajstić information content (AvgIpc) is 2.83. The summed E-state index contributed by atoms with van der Waals surface area (Å²) < 4.78 is 16.1. The van der Waals surface area contributed by atoms with Crippen LogP contribution in [0.4, 0.5) is 0 Å². The highest BCUT2D eigenvalue weighted by Crippen LogP contribution is 2.41. The highest BCUT2D eigenvalue weighted by atomic mass is 35.5. The number of benzene rings is 1. The lowest BCUT2D eigenvalue weighted by Gasteiger charge is -2.31. The number of nitrogens with one attached hydrogen (secondary N) is 1. The number of rotatable bonds is 12. The van der Waals surface area contributed by atoms with E-state index in [9.17, 15) is 14.4 Å². The third-order valence-electron chi connectivity index (χ3n) is 5.89. The van der Waals surface area contributed by atoms with E-state index < -0.39 is 23.8 Å². The van der Waals surface area contributed by atoms with Crippen molar-refractivity contribution >= 4 is 29.5 Å². The first-order valence-electron chi connectivity index (χ1n) is 12.2. The maximum Gasteiger partial charge on any atom is 0.338 e. The molecule has 1 aromatic carbocycles. The monoisotopic (exact) mass is 505 g/mol. The van der Waals surface area contributed by atoms with Crippen LogP contribution in [-0.4, -0.2) is 38.2 Å². The van der Waals surface area contributed by atoms with Gasteiger partial charge in [-0.2, -0.15) is 0 Å². The molecule has 1 aromatic rings. The van der Waals surface area contributed by atoms with Gasteiger partial charge in [-0.15, -0.1) is 0 Å². The van der Waals surface area contributed by atoms with Crippen molar-refractivity contribution in [3.63, 3.8) is 0 Å². The average molecular weight is 506 g/mol. The van der Waals surface area contributed by atoms with E-state index in [-0.39, 0.29) is 29.9 Å². The van der Waals surface area contributed by atoms with Gasteiger partial charge in [0.2, 0.25) is 0 Å². The number of hydrogen-bond acceptors (Lipinski definition) is 7. The van der Waals surface area contributed by atoms with Gasteiger partial charge in [0, 0.05) is 16.4 Å². The minimum absolute atomic E-state index is 0.206. The highest BCUT2D eigenvalue weighted by Gasteiger charge is 2.40. The zero-order chi connectivity index (χ0) is 26.0. The lowest BCUT2D eigenvalue weighted by Crippen LogP contribution is -2.33. The second kappa shape index (κ2) is 13.9. The van der Waals surface area contributed by atoms with E-state index in [0.29, 0.717) is 22.0 Å². The van der Waals surface area contributed by atoms with Crippen molar-refractivity contribution in [1.29, 1.82) is 0 Å². The van der Waals surface area contributed by atoms with E-state index >= 15 is 0 Å². The molecule has 1 aliphatic heterocycles. The van der Waals surface area contributed by atoms with Crippen LogP contribution in [0.15, 0.2) is 40.7 Å². The Morgan fingerprint density at radius 1 is 0.857 bits per heavy atom. The Morgan fingerprint density at radius 2 is 1.37 bits per heavy atom. The quantitative estimate of drug-likeness (QED) is 0.217. The molecule has 0 amide bonds. The van der Waals surface area contributed by atoms with Gasteiger partial charge in [-0.1, -0.05) is 51.1 Å². The van der Waals surface area contributed by atoms with Crippen LogP contribution in [0, 0.1) is 0 Å². The molecule has 0 aliphatic carbocycles. The first-order valence-corrected chi connectivity index (χ1v) is 12.5. The molecular formula is C27H36ClNO6. The number of methoxy groups -OCH3 is 1. The summed E-state index contributed by atoms with van der Waals surface area (Å²) in [5.41, 5.74) is 2.13. The van der Waals surface area contributed by atoms with Gasteiger partial charge in [0.25, 0.3) is 0 Å². The summed E-state index contributed by atoms with van der Waals surface area (Å²) in [6, 6.07) is 4.68. The van der Waals surface area contributed by atoms with Crippen molar-refractivity contribution in [2.45, 2.75) is 72.1 Å². The topological polar surface area (TPSA) is 90.9 Å². The molecule has 0 saturated heterocycles. The summed E-state index contributed by atoms with van der Waals surface area (Å²) in [5, 5.41) is 3.48. The number of dihydropyridines is 1. The molecule has 0 unspecified atom stereocenters. The molecule has 1 N–H and O–H groups in total. The second-order valence-corrected chi connectivity index (χ2v) is 8.98. The number of unbranched alkanes of at least 4 members (excludes halogenated alkanes) is 4. The molecule has 35 heavy (non-hydrogen) atoms. The van der Waals surface area contributed by atoms with Gasteiger partial charge in [-0.25, -0.2) is 14.4 Å². The number of carbonyl (C=O) groups is 3. The van der Waals surface area contributed by atoms with Crippen molar-refractivity contribution in [2.24, 2.45) is 0 Å². The molecule has 1 heterocycles. The maximum absolute atomic E-state index is 13.3. The van der Waals surface area contributed by atoms with Gasteiger partial charge in [0.05, 0.1) is 43.0 Å². The molecule has 0 saturated carbocycles. The number of hydrogen-bond donors (Lipinski definition) is 1. The molecule has 0 bridgehead atoms. The van der Waals surface area contributed by atoms with Crippen molar-refractivity contribution in [3.05, 3.63) is 56.9 Å². The normalized spacial score (nSPS) is 14.0. The van der Waals surface area contributed by atoms with E-state index in [1.54, 1.807) is 26.0 Å². The largest absolute Gasteiger partial charge is 0.465 e. The fourth-order valence-electron chi connectivity index (χ4n) is 4.10. The van der Waals surface area contributed by atoms with Gasteiger partial charge in [0.15, 0.2) is 0 Å². The number of esters is 3. The predicted octanol–water partition coefficient (Wildman–Crippen LogP) is 5.83. The van der Waals surface area contributed by atoms with Gasteiger partial charge in [-0.05, 0) is 50.5 Å². The van der Waals surface area contributed by atoms with E-state index in [2.05, 4.69) is 19.2 Å². The summed E-state index contributed by atoms with van der Waals surface area (Å²) in [7, 11) is 1.27. The molecule has 2 rings (SSSR count). The zero-order valence-electron chi connectivity index (χ0n) is 21.3. The summed E-state index contributed by atoms with van der Waals surface area (Å²) in [6.07, 6.45) is 5.32. The van der Waals surface area contributed by atoms with E-state index in [1.165, 1.54) is 13.2 Å². The molecule has 192 valence electrons. The van der Waals surface area contributed by atoms with Crippen molar-refractivity contribution < 1.29 is 28.6 Å². The maximum atomic E-state index is 13.3. The fourth-order valence-corrected chi connectivity index (χ4v) is 4.28. The third kappa shape index (κ3) is 7.34. The molecule has 0 fully saturated rings. The number of ether oxygens (including phenoxy) is 3. The Labute approximate surface area is 212 Å². The molecule has 1 aliphatic rings. The Balaban J connectivity index is 2.59. The summed E-state index contributed by atoms with van der Waals surface area (Å²) in [5.74, 6) is -2.63. The first-order chi connectivity index (χ1) is 16.8. The summed E-state index contributed by atoms with van der Waals surface area (Å²) in [4.78, 5) is 39.3. The molecule has 0 aromatic heterocycles. The number of allylic oxidation sites excluding steroid dienone is 2. The SMILES string of the molecule is CCCCCOC(=O)C1=C(C)NC(C)=C(C(=O)OCCCCC)C1c1cc(Cl)ccc1C(=O)OC. The van der Waals surface area contributed by atoms with Gasteiger partial charge >= 0.3 is 17.9 Å². The fraction of sp³-hybridized carbons (Fsp3) is 0.519. The van der Waals surface area contributed by atoms with Crippen LogP contribution in [-0.2, 0) is 23.8 Å². The van der Waals surface area contributed by atoms with Crippen LogP contribution >= 0.6 is 11.6 Å². The Morgan fingerprint density at radius 3 is 1.83 bits per heavy atom. The molecule has 7 nitrogen and oxygen atoms in total. The second-order valence-electron chi connectivity index (χ2n) is 8.54. The first kappa shape index (κ1) is 28.4. The predicted molar refractivity (Wildman–Crippen MR) is 135 cm³/mol. The Bertz CT molecular complexity index is 951. The van der Waals surface area contributed by atoms with E-state index in [0.717, 1.165) is 38.5 Å². The van der Waals surface area contributed by atoms with E-state index in [1.807, 2.05) is 0 Å². The van der Waals surface area contributed by atoms with Crippen LogP contribution in [0.2, 0.25) is 5.02 Å². The summed E-state index contributed by atoms with van der Waals surface area (Å²) >= 11 is 6.32.